The lowest BCUT2D eigenvalue weighted by atomic mass is 10.00. The Kier molecular flexibility index (Phi) is 2.17. The summed E-state index contributed by atoms with van der Waals surface area (Å²) < 4.78 is 36.6. The second kappa shape index (κ2) is 3.25. The number of rotatable bonds is 1. The average molecular weight is 218 g/mol. The van der Waals surface area contributed by atoms with Crippen molar-refractivity contribution >= 4 is 11.6 Å². The first kappa shape index (κ1) is 10.0. The number of aromatic nitrogens is 2. The van der Waals surface area contributed by atoms with Crippen LogP contribution in [0.2, 0.25) is 0 Å². The van der Waals surface area contributed by atoms with E-state index in [1.165, 1.54) is 17.3 Å². The lowest BCUT2D eigenvalue weighted by Crippen LogP contribution is -2.53. The first-order valence-electron chi connectivity index (χ1n) is 4.36. The summed E-state index contributed by atoms with van der Waals surface area (Å²) in [5.74, 6) is -0.549. The molecule has 0 amide bonds. The first-order valence-corrected chi connectivity index (χ1v) is 4.36. The van der Waals surface area contributed by atoms with Gasteiger partial charge >= 0.3 is 6.18 Å². The number of alkyl halides is 3. The Balaban J connectivity index is 2.00. The van der Waals surface area contributed by atoms with Gasteiger partial charge in [0.05, 0.1) is 5.92 Å². The topological polar surface area (TPSA) is 55.0 Å². The number of nitrogens with two attached hydrogens (primary N) is 1. The number of nitrogen functional groups attached to an aromatic ring is 1. The predicted octanol–water partition coefficient (Wildman–Crippen LogP) is 1.06. The molecule has 1 aromatic rings. The summed E-state index contributed by atoms with van der Waals surface area (Å²) in [5.41, 5.74) is 5.40. The number of nitrogens with zero attached hydrogens (tertiary/aromatic N) is 3. The molecule has 2 heterocycles. The predicted molar refractivity (Wildman–Crippen MR) is 48.2 cm³/mol. The molecule has 7 heteroatoms. The van der Waals surface area contributed by atoms with Crippen LogP contribution < -0.4 is 10.6 Å². The molecule has 1 aliphatic heterocycles. The highest BCUT2D eigenvalue weighted by atomic mass is 19.4. The van der Waals surface area contributed by atoms with Crippen LogP contribution >= 0.6 is 0 Å². The summed E-state index contributed by atoms with van der Waals surface area (Å²) in [4.78, 5) is 9.04. The molecule has 0 aliphatic carbocycles. The fourth-order valence-electron chi connectivity index (χ4n) is 1.41. The van der Waals surface area contributed by atoms with E-state index in [2.05, 4.69) is 9.97 Å². The minimum atomic E-state index is -4.12. The molecule has 0 spiro atoms. The van der Waals surface area contributed by atoms with Crippen LogP contribution in [-0.4, -0.2) is 29.2 Å². The van der Waals surface area contributed by atoms with Crippen LogP contribution in [0.5, 0.6) is 0 Å². The van der Waals surface area contributed by atoms with Gasteiger partial charge in [0.25, 0.3) is 0 Å². The van der Waals surface area contributed by atoms with Gasteiger partial charge in [0.2, 0.25) is 0 Å². The molecule has 2 rings (SSSR count). The number of anilines is 2. The lowest BCUT2D eigenvalue weighted by molar-refractivity contribution is -0.180. The van der Waals surface area contributed by atoms with Crippen molar-refractivity contribution in [2.75, 3.05) is 23.7 Å². The molecular weight excluding hydrogens is 209 g/mol. The lowest BCUT2D eigenvalue weighted by Gasteiger charge is -2.40. The van der Waals surface area contributed by atoms with Gasteiger partial charge in [-0.3, -0.25) is 0 Å². The Hall–Kier alpha value is -1.53. The summed E-state index contributed by atoms with van der Waals surface area (Å²) in [7, 11) is 0. The Morgan fingerprint density at radius 3 is 2.53 bits per heavy atom. The molecule has 0 saturated carbocycles. The highest BCUT2D eigenvalue weighted by Crippen LogP contribution is 2.35. The third-order valence-corrected chi connectivity index (χ3v) is 2.34. The zero-order chi connectivity index (χ0) is 11.1. The molecule has 2 N–H and O–H groups in total. The van der Waals surface area contributed by atoms with E-state index < -0.39 is 12.1 Å². The van der Waals surface area contributed by atoms with Gasteiger partial charge in [-0.15, -0.1) is 0 Å². The van der Waals surface area contributed by atoms with E-state index in [-0.39, 0.29) is 18.9 Å². The van der Waals surface area contributed by atoms with Crippen LogP contribution in [0.25, 0.3) is 0 Å². The minimum absolute atomic E-state index is 0.0556. The number of hydrogen-bond donors (Lipinski definition) is 1. The smallest absolute Gasteiger partial charge is 0.384 e. The fraction of sp³-hybridized carbons (Fsp3) is 0.500. The Bertz CT molecular complexity index is 359. The molecule has 0 radical (unpaired) electrons. The molecule has 0 atom stereocenters. The maximum Gasteiger partial charge on any atom is 0.395 e. The summed E-state index contributed by atoms with van der Waals surface area (Å²) >= 11 is 0. The molecule has 1 saturated heterocycles. The van der Waals surface area contributed by atoms with Gasteiger partial charge in [-0.05, 0) is 0 Å². The molecular formula is C8H9F3N4. The van der Waals surface area contributed by atoms with E-state index in [4.69, 9.17) is 5.73 Å². The Morgan fingerprint density at radius 2 is 2.00 bits per heavy atom. The highest BCUT2D eigenvalue weighted by molar-refractivity contribution is 5.47. The van der Waals surface area contributed by atoms with Gasteiger partial charge in [0.1, 0.15) is 18.0 Å². The van der Waals surface area contributed by atoms with Crippen LogP contribution in [0.1, 0.15) is 0 Å². The van der Waals surface area contributed by atoms with E-state index in [9.17, 15) is 13.2 Å². The standard InChI is InChI=1S/C8H9F3N4/c9-8(10,11)5-2-15(3-5)7-1-6(12)13-4-14-7/h1,4-5H,2-3H2,(H2,12,13,14). The van der Waals surface area contributed by atoms with Crippen LogP contribution in [-0.2, 0) is 0 Å². The minimum Gasteiger partial charge on any atom is -0.384 e. The molecule has 82 valence electrons. The summed E-state index contributed by atoms with van der Waals surface area (Å²) in [6, 6.07) is 1.46. The second-order valence-corrected chi connectivity index (χ2v) is 3.44. The van der Waals surface area contributed by atoms with Crippen LogP contribution in [0.15, 0.2) is 12.4 Å². The van der Waals surface area contributed by atoms with Gasteiger partial charge in [0, 0.05) is 19.2 Å². The van der Waals surface area contributed by atoms with E-state index in [1.807, 2.05) is 0 Å². The van der Waals surface area contributed by atoms with Crippen LogP contribution in [0, 0.1) is 5.92 Å². The third-order valence-electron chi connectivity index (χ3n) is 2.34. The van der Waals surface area contributed by atoms with Crippen molar-refractivity contribution in [1.29, 1.82) is 0 Å². The second-order valence-electron chi connectivity index (χ2n) is 3.44. The largest absolute Gasteiger partial charge is 0.395 e. The monoisotopic (exact) mass is 218 g/mol. The summed E-state index contributed by atoms with van der Waals surface area (Å²) in [6.07, 6.45) is -2.87. The molecule has 4 nitrogen and oxygen atoms in total. The van der Waals surface area contributed by atoms with E-state index in [0.717, 1.165) is 0 Å². The first-order chi connectivity index (χ1) is 6.97. The van der Waals surface area contributed by atoms with E-state index >= 15 is 0 Å². The molecule has 1 fully saturated rings. The Morgan fingerprint density at radius 1 is 1.33 bits per heavy atom. The van der Waals surface area contributed by atoms with E-state index in [0.29, 0.717) is 5.82 Å². The third kappa shape index (κ3) is 1.95. The van der Waals surface area contributed by atoms with Crippen LogP contribution in [0.4, 0.5) is 24.8 Å². The van der Waals surface area contributed by atoms with Crippen molar-refractivity contribution in [3.63, 3.8) is 0 Å². The molecule has 0 bridgehead atoms. The molecule has 1 aliphatic rings. The highest BCUT2D eigenvalue weighted by Gasteiger charge is 2.47. The maximum atomic E-state index is 12.2. The van der Waals surface area contributed by atoms with Crippen molar-refractivity contribution in [1.82, 2.24) is 9.97 Å². The normalized spacial score (nSPS) is 17.7. The fourth-order valence-corrected chi connectivity index (χ4v) is 1.41. The van der Waals surface area contributed by atoms with Crippen molar-refractivity contribution < 1.29 is 13.2 Å². The van der Waals surface area contributed by atoms with Gasteiger partial charge in [-0.2, -0.15) is 13.2 Å². The Labute approximate surface area is 83.9 Å². The quantitative estimate of drug-likeness (QED) is 0.765. The molecule has 0 unspecified atom stereocenters. The van der Waals surface area contributed by atoms with Gasteiger partial charge < -0.3 is 10.6 Å². The number of hydrogen-bond acceptors (Lipinski definition) is 4. The zero-order valence-electron chi connectivity index (χ0n) is 7.70. The van der Waals surface area contributed by atoms with Crippen molar-refractivity contribution in [2.45, 2.75) is 6.18 Å². The van der Waals surface area contributed by atoms with Crippen molar-refractivity contribution in [2.24, 2.45) is 5.92 Å². The molecule has 15 heavy (non-hydrogen) atoms. The van der Waals surface area contributed by atoms with Gasteiger partial charge in [0.15, 0.2) is 0 Å². The molecule has 0 aromatic carbocycles. The van der Waals surface area contributed by atoms with Gasteiger partial charge in [-0.1, -0.05) is 0 Å². The number of halogens is 3. The maximum absolute atomic E-state index is 12.2. The van der Waals surface area contributed by atoms with Gasteiger partial charge in [-0.25, -0.2) is 9.97 Å². The average Bonchev–Trinajstić information content (AvgIpc) is 1.97. The molecule has 1 aromatic heterocycles. The zero-order valence-corrected chi connectivity index (χ0v) is 7.70. The van der Waals surface area contributed by atoms with Crippen LogP contribution in [0.3, 0.4) is 0 Å². The SMILES string of the molecule is Nc1cc(N2CC(C(F)(F)F)C2)ncn1. The van der Waals surface area contributed by atoms with Crippen molar-refractivity contribution in [3.05, 3.63) is 12.4 Å². The summed E-state index contributed by atoms with van der Waals surface area (Å²) in [5, 5.41) is 0. The van der Waals surface area contributed by atoms with E-state index in [1.54, 1.807) is 0 Å². The summed E-state index contributed by atoms with van der Waals surface area (Å²) in [6.45, 7) is -0.111. The van der Waals surface area contributed by atoms with Crippen molar-refractivity contribution in [3.8, 4) is 0 Å².